The van der Waals surface area contributed by atoms with E-state index in [9.17, 15) is 9.59 Å². The molecule has 0 radical (unpaired) electrons. The summed E-state index contributed by atoms with van der Waals surface area (Å²) in [6.07, 6.45) is 1.48. The van der Waals surface area contributed by atoms with E-state index in [2.05, 4.69) is 37.2 Å². The van der Waals surface area contributed by atoms with Gasteiger partial charge in [0.1, 0.15) is 12.2 Å². The molecule has 0 bridgehead atoms. The maximum absolute atomic E-state index is 13.4. The zero-order valence-corrected chi connectivity index (χ0v) is 24.9. The molecule has 1 fully saturated rings. The highest BCUT2D eigenvalue weighted by atomic mass is 79.9. The molecule has 3 aromatic rings. The highest BCUT2D eigenvalue weighted by molar-refractivity contribution is 9.10. The van der Waals surface area contributed by atoms with Crippen molar-refractivity contribution in [3.8, 4) is 11.5 Å². The topological polar surface area (TPSA) is 67.9 Å². The molecule has 2 amide bonds. The Labute approximate surface area is 245 Å². The van der Waals surface area contributed by atoms with Gasteiger partial charge in [-0.3, -0.25) is 19.8 Å². The number of benzene rings is 3. The van der Waals surface area contributed by atoms with Crippen LogP contribution >= 0.6 is 67.3 Å². The fourth-order valence-corrected chi connectivity index (χ4v) is 5.45. The normalized spacial score (nSPS) is 14.7. The summed E-state index contributed by atoms with van der Waals surface area (Å²) < 4.78 is 12.9. The summed E-state index contributed by atoms with van der Waals surface area (Å²) in [7, 11) is 1.50. The molecule has 1 heterocycles. The third kappa shape index (κ3) is 6.02. The molecule has 0 aliphatic carbocycles. The first-order chi connectivity index (χ1) is 17.6. The molecule has 0 unspecified atom stereocenters. The molecule has 1 N–H and O–H groups in total. The number of methoxy groups -OCH3 is 1. The van der Waals surface area contributed by atoms with Crippen LogP contribution in [0.4, 0.5) is 5.69 Å². The average molecular weight is 685 g/mol. The average Bonchev–Trinajstić information content (AvgIpc) is 2.83. The van der Waals surface area contributed by atoms with Gasteiger partial charge >= 0.3 is 0 Å². The molecular formula is C26H18Br2Cl2N2O4S. The van der Waals surface area contributed by atoms with E-state index in [0.29, 0.717) is 37.3 Å². The van der Waals surface area contributed by atoms with Gasteiger partial charge < -0.3 is 9.47 Å². The van der Waals surface area contributed by atoms with Gasteiger partial charge in [0.15, 0.2) is 16.6 Å². The third-order valence-corrected chi connectivity index (χ3v) is 7.41. The van der Waals surface area contributed by atoms with Gasteiger partial charge in [0.05, 0.1) is 17.3 Å². The van der Waals surface area contributed by atoms with Gasteiger partial charge in [-0.15, -0.1) is 0 Å². The first-order valence-corrected chi connectivity index (χ1v) is 13.5. The Morgan fingerprint density at radius 1 is 1.08 bits per heavy atom. The van der Waals surface area contributed by atoms with Gasteiger partial charge in [-0.2, -0.15) is 0 Å². The Bertz CT molecular complexity index is 1480. The maximum atomic E-state index is 13.4. The summed E-state index contributed by atoms with van der Waals surface area (Å²) in [4.78, 5) is 27.5. The minimum atomic E-state index is -0.589. The minimum absolute atomic E-state index is 0.0148. The Morgan fingerprint density at radius 2 is 1.84 bits per heavy atom. The number of thiocarbonyl (C=S) groups is 1. The molecule has 0 atom stereocenters. The van der Waals surface area contributed by atoms with Gasteiger partial charge in [0.25, 0.3) is 11.8 Å². The number of halogens is 4. The van der Waals surface area contributed by atoms with Crippen molar-refractivity contribution in [1.29, 1.82) is 0 Å². The number of nitrogens with one attached hydrogen (secondary N) is 1. The number of hydrogen-bond donors (Lipinski definition) is 1. The molecule has 6 nitrogen and oxygen atoms in total. The van der Waals surface area contributed by atoms with E-state index in [1.807, 2.05) is 13.0 Å². The van der Waals surface area contributed by atoms with Crippen LogP contribution in [0.5, 0.6) is 11.5 Å². The van der Waals surface area contributed by atoms with Crippen LogP contribution in [-0.2, 0) is 16.2 Å². The number of rotatable bonds is 6. The van der Waals surface area contributed by atoms with Crippen LogP contribution in [0.15, 0.2) is 63.0 Å². The zero-order chi connectivity index (χ0) is 26.9. The van der Waals surface area contributed by atoms with Crippen LogP contribution in [0.2, 0.25) is 10.0 Å². The van der Waals surface area contributed by atoms with Crippen molar-refractivity contribution >= 4 is 96.0 Å². The van der Waals surface area contributed by atoms with Crippen LogP contribution in [0.3, 0.4) is 0 Å². The van der Waals surface area contributed by atoms with Crippen LogP contribution < -0.4 is 19.7 Å². The van der Waals surface area contributed by atoms with Crippen LogP contribution in [0.25, 0.3) is 6.08 Å². The van der Waals surface area contributed by atoms with Crippen molar-refractivity contribution in [2.75, 3.05) is 12.0 Å². The summed E-state index contributed by atoms with van der Waals surface area (Å²) in [5.74, 6) is -0.296. The lowest BCUT2D eigenvalue weighted by molar-refractivity contribution is -0.122. The van der Waals surface area contributed by atoms with Crippen LogP contribution in [-0.4, -0.2) is 24.0 Å². The second kappa shape index (κ2) is 11.5. The summed E-state index contributed by atoms with van der Waals surface area (Å²) in [5.41, 5.74) is 2.60. The molecule has 0 spiro atoms. The number of ether oxygens (including phenoxy) is 2. The molecular weight excluding hydrogens is 667 g/mol. The lowest BCUT2D eigenvalue weighted by Crippen LogP contribution is -2.54. The van der Waals surface area contributed by atoms with E-state index in [4.69, 9.17) is 44.9 Å². The van der Waals surface area contributed by atoms with E-state index >= 15 is 0 Å². The smallest absolute Gasteiger partial charge is 0.270 e. The Balaban J connectivity index is 1.65. The van der Waals surface area contributed by atoms with Crippen molar-refractivity contribution in [2.45, 2.75) is 13.5 Å². The van der Waals surface area contributed by atoms with Gasteiger partial charge in [-0.25, -0.2) is 0 Å². The van der Waals surface area contributed by atoms with E-state index < -0.39 is 11.8 Å². The van der Waals surface area contributed by atoms with Crippen molar-refractivity contribution in [3.63, 3.8) is 0 Å². The monoisotopic (exact) mass is 682 g/mol. The summed E-state index contributed by atoms with van der Waals surface area (Å²) in [6, 6.07) is 14.0. The van der Waals surface area contributed by atoms with Crippen molar-refractivity contribution in [3.05, 3.63) is 89.8 Å². The Hall–Kier alpha value is -2.43. The number of aryl methyl sites for hydroxylation is 1. The van der Waals surface area contributed by atoms with E-state index in [-0.39, 0.29) is 17.3 Å². The lowest BCUT2D eigenvalue weighted by atomic mass is 10.1. The fourth-order valence-electron chi connectivity index (χ4n) is 3.66. The SMILES string of the molecule is COc1cc(/C=C2\C(=O)NC(=S)N(c3ccc(Br)cc3C)C2=O)cc(Br)c1OCc1ccc(Cl)cc1Cl. The molecule has 1 aliphatic rings. The third-order valence-electron chi connectivity index (χ3n) is 5.45. The molecule has 1 aliphatic heterocycles. The molecule has 0 aromatic heterocycles. The quantitative estimate of drug-likeness (QED) is 0.168. The number of carbonyl (C=O) groups excluding carboxylic acids is 2. The van der Waals surface area contributed by atoms with Crippen LogP contribution in [0.1, 0.15) is 16.7 Å². The minimum Gasteiger partial charge on any atom is -0.493 e. The number of carbonyl (C=O) groups is 2. The summed E-state index contributed by atoms with van der Waals surface area (Å²) >= 11 is 24.5. The number of anilines is 1. The lowest BCUT2D eigenvalue weighted by Gasteiger charge is -2.30. The highest BCUT2D eigenvalue weighted by Gasteiger charge is 2.35. The molecule has 190 valence electrons. The summed E-state index contributed by atoms with van der Waals surface area (Å²) in [5, 5.41) is 3.62. The van der Waals surface area contributed by atoms with E-state index in [1.54, 1.807) is 42.5 Å². The number of amides is 2. The highest BCUT2D eigenvalue weighted by Crippen LogP contribution is 2.38. The van der Waals surface area contributed by atoms with E-state index in [0.717, 1.165) is 15.6 Å². The predicted octanol–water partition coefficient (Wildman–Crippen LogP) is 7.25. The molecule has 11 heteroatoms. The maximum Gasteiger partial charge on any atom is 0.270 e. The second-order valence-electron chi connectivity index (χ2n) is 7.95. The van der Waals surface area contributed by atoms with Crippen molar-refractivity contribution in [1.82, 2.24) is 5.32 Å². The van der Waals surface area contributed by atoms with Gasteiger partial charge in [-0.1, -0.05) is 45.2 Å². The summed E-state index contributed by atoms with van der Waals surface area (Å²) in [6.45, 7) is 2.03. The second-order valence-corrected chi connectivity index (χ2v) is 10.9. The van der Waals surface area contributed by atoms with Crippen molar-refractivity contribution < 1.29 is 19.1 Å². The molecule has 37 heavy (non-hydrogen) atoms. The largest absolute Gasteiger partial charge is 0.493 e. The number of hydrogen-bond acceptors (Lipinski definition) is 5. The first-order valence-electron chi connectivity index (χ1n) is 10.7. The van der Waals surface area contributed by atoms with Gasteiger partial charge in [-0.05, 0) is 94.7 Å². The fraction of sp³-hybridized carbons (Fsp3) is 0.115. The standard InChI is InChI=1S/C26H18Br2Cl2N2O4S/c1-13-7-16(27)4-6-21(13)32-25(34)18(24(33)31-26(32)37)8-14-9-19(28)23(22(10-14)35-2)36-12-15-3-5-17(29)11-20(15)30/h3-11H,12H2,1-2H3,(H,31,33,37)/b18-8+. The molecule has 4 rings (SSSR count). The Kier molecular flexibility index (Phi) is 8.60. The van der Waals surface area contributed by atoms with Gasteiger partial charge in [0.2, 0.25) is 0 Å². The number of nitrogens with zero attached hydrogens (tertiary/aromatic N) is 1. The van der Waals surface area contributed by atoms with Crippen LogP contribution in [0, 0.1) is 6.92 Å². The van der Waals surface area contributed by atoms with E-state index in [1.165, 1.54) is 18.1 Å². The van der Waals surface area contributed by atoms with Crippen molar-refractivity contribution in [2.24, 2.45) is 0 Å². The zero-order valence-electron chi connectivity index (χ0n) is 19.4. The molecule has 0 saturated carbocycles. The van der Waals surface area contributed by atoms with Gasteiger partial charge in [0, 0.05) is 20.1 Å². The molecule has 1 saturated heterocycles. The predicted molar refractivity (Wildman–Crippen MR) is 157 cm³/mol. The first kappa shape index (κ1) is 27.6. The Morgan fingerprint density at radius 3 is 2.51 bits per heavy atom. The molecule has 3 aromatic carbocycles.